The average molecular weight is 288 g/mol. The summed E-state index contributed by atoms with van der Waals surface area (Å²) in [5.41, 5.74) is 0.548. The SMILES string of the molecule is CC(NC(=O)CNC(=O)c1ccccc1)c1cccs1. The van der Waals surface area contributed by atoms with E-state index in [1.165, 1.54) is 0 Å². The number of nitrogens with one attached hydrogen (secondary N) is 2. The topological polar surface area (TPSA) is 58.2 Å². The summed E-state index contributed by atoms with van der Waals surface area (Å²) in [5, 5.41) is 7.42. The Morgan fingerprint density at radius 3 is 2.55 bits per heavy atom. The van der Waals surface area contributed by atoms with Crippen LogP contribution in [0.25, 0.3) is 0 Å². The molecule has 1 heterocycles. The van der Waals surface area contributed by atoms with E-state index >= 15 is 0 Å². The maximum Gasteiger partial charge on any atom is 0.251 e. The smallest absolute Gasteiger partial charge is 0.251 e. The Balaban J connectivity index is 1.79. The molecule has 4 nitrogen and oxygen atoms in total. The molecule has 0 spiro atoms. The van der Waals surface area contributed by atoms with Gasteiger partial charge in [0.25, 0.3) is 5.91 Å². The van der Waals surface area contributed by atoms with Crippen LogP contribution in [0.3, 0.4) is 0 Å². The molecule has 2 rings (SSSR count). The molecule has 0 aliphatic carbocycles. The van der Waals surface area contributed by atoms with E-state index in [1.807, 2.05) is 30.5 Å². The lowest BCUT2D eigenvalue weighted by Gasteiger charge is -2.12. The van der Waals surface area contributed by atoms with Gasteiger partial charge in [0.05, 0.1) is 12.6 Å². The summed E-state index contributed by atoms with van der Waals surface area (Å²) in [6, 6.07) is 12.7. The molecule has 0 bridgehead atoms. The first-order chi connectivity index (χ1) is 9.66. The highest BCUT2D eigenvalue weighted by Crippen LogP contribution is 2.17. The molecule has 2 aromatic rings. The van der Waals surface area contributed by atoms with Crippen LogP contribution in [0.1, 0.15) is 28.2 Å². The third-order valence-corrected chi connectivity index (χ3v) is 3.85. The van der Waals surface area contributed by atoms with Crippen molar-refractivity contribution < 1.29 is 9.59 Å². The first kappa shape index (κ1) is 14.3. The molecule has 5 heteroatoms. The predicted octanol–water partition coefficient (Wildman–Crippen LogP) is 2.36. The maximum absolute atomic E-state index is 11.8. The lowest BCUT2D eigenvalue weighted by atomic mass is 10.2. The maximum atomic E-state index is 11.8. The Morgan fingerprint density at radius 1 is 1.15 bits per heavy atom. The Hall–Kier alpha value is -2.14. The fourth-order valence-corrected chi connectivity index (χ4v) is 2.49. The lowest BCUT2D eigenvalue weighted by molar-refractivity contribution is -0.120. The van der Waals surface area contributed by atoms with Crippen LogP contribution in [-0.2, 0) is 4.79 Å². The average Bonchev–Trinajstić information content (AvgIpc) is 3.00. The van der Waals surface area contributed by atoms with Crippen molar-refractivity contribution in [1.29, 1.82) is 0 Å². The van der Waals surface area contributed by atoms with E-state index in [2.05, 4.69) is 10.6 Å². The quantitative estimate of drug-likeness (QED) is 0.887. The van der Waals surface area contributed by atoms with Gasteiger partial charge in [-0.25, -0.2) is 0 Å². The third kappa shape index (κ3) is 3.93. The van der Waals surface area contributed by atoms with Crippen molar-refractivity contribution in [2.24, 2.45) is 0 Å². The fourth-order valence-electron chi connectivity index (χ4n) is 1.75. The van der Waals surface area contributed by atoms with Crippen molar-refractivity contribution in [3.05, 3.63) is 58.3 Å². The van der Waals surface area contributed by atoms with Crippen LogP contribution in [0.2, 0.25) is 0 Å². The summed E-state index contributed by atoms with van der Waals surface area (Å²) >= 11 is 1.59. The lowest BCUT2D eigenvalue weighted by Crippen LogP contribution is -2.37. The first-order valence-corrected chi connectivity index (χ1v) is 7.21. The zero-order chi connectivity index (χ0) is 14.4. The molecule has 0 saturated carbocycles. The second-order valence-corrected chi connectivity index (χ2v) is 5.33. The van der Waals surface area contributed by atoms with Crippen molar-refractivity contribution in [2.75, 3.05) is 6.54 Å². The molecule has 1 aromatic heterocycles. The molecular weight excluding hydrogens is 272 g/mol. The number of carbonyl (C=O) groups is 2. The zero-order valence-electron chi connectivity index (χ0n) is 11.1. The summed E-state index contributed by atoms with van der Waals surface area (Å²) in [6.45, 7) is 1.90. The van der Waals surface area contributed by atoms with Crippen molar-refractivity contribution in [2.45, 2.75) is 13.0 Å². The molecule has 1 atom stereocenters. The van der Waals surface area contributed by atoms with Crippen molar-refractivity contribution in [3.8, 4) is 0 Å². The van der Waals surface area contributed by atoms with E-state index in [1.54, 1.807) is 35.6 Å². The Morgan fingerprint density at radius 2 is 1.90 bits per heavy atom. The summed E-state index contributed by atoms with van der Waals surface area (Å²) < 4.78 is 0. The van der Waals surface area contributed by atoms with Gasteiger partial charge in [-0.15, -0.1) is 11.3 Å². The minimum absolute atomic E-state index is 0.0244. The van der Waals surface area contributed by atoms with Gasteiger partial charge >= 0.3 is 0 Å². The minimum Gasteiger partial charge on any atom is -0.347 e. The summed E-state index contributed by atoms with van der Waals surface area (Å²) in [7, 11) is 0. The highest BCUT2D eigenvalue weighted by Gasteiger charge is 2.11. The van der Waals surface area contributed by atoms with E-state index < -0.39 is 0 Å². The van der Waals surface area contributed by atoms with Crippen LogP contribution >= 0.6 is 11.3 Å². The van der Waals surface area contributed by atoms with Crippen LogP contribution in [0.4, 0.5) is 0 Å². The van der Waals surface area contributed by atoms with Crippen LogP contribution < -0.4 is 10.6 Å². The number of benzene rings is 1. The molecule has 0 aliphatic heterocycles. The van der Waals surface area contributed by atoms with Gasteiger partial charge in [0.1, 0.15) is 0 Å². The molecule has 0 fully saturated rings. The van der Waals surface area contributed by atoms with Gasteiger partial charge in [-0.1, -0.05) is 24.3 Å². The largest absolute Gasteiger partial charge is 0.347 e. The van der Waals surface area contributed by atoms with Gasteiger partial charge < -0.3 is 10.6 Å². The molecule has 104 valence electrons. The van der Waals surface area contributed by atoms with Gasteiger partial charge in [-0.2, -0.15) is 0 Å². The van der Waals surface area contributed by atoms with E-state index in [4.69, 9.17) is 0 Å². The fraction of sp³-hybridized carbons (Fsp3) is 0.200. The number of amides is 2. The van der Waals surface area contributed by atoms with E-state index in [0.717, 1.165) is 4.88 Å². The zero-order valence-corrected chi connectivity index (χ0v) is 11.9. The highest BCUT2D eigenvalue weighted by molar-refractivity contribution is 7.10. The number of thiophene rings is 1. The Bertz CT molecular complexity index is 567. The van der Waals surface area contributed by atoms with Gasteiger partial charge in [0.15, 0.2) is 0 Å². The van der Waals surface area contributed by atoms with Crippen molar-refractivity contribution in [3.63, 3.8) is 0 Å². The summed E-state index contributed by atoms with van der Waals surface area (Å²) in [5.74, 6) is -0.445. The first-order valence-electron chi connectivity index (χ1n) is 6.33. The standard InChI is InChI=1S/C15H16N2O2S/c1-11(13-8-5-9-20-13)17-14(18)10-16-15(19)12-6-3-2-4-7-12/h2-9,11H,10H2,1H3,(H,16,19)(H,17,18). The van der Waals surface area contributed by atoms with Crippen molar-refractivity contribution >= 4 is 23.2 Å². The molecule has 0 radical (unpaired) electrons. The highest BCUT2D eigenvalue weighted by atomic mass is 32.1. The van der Waals surface area contributed by atoms with Gasteiger partial charge in [-0.3, -0.25) is 9.59 Å². The number of carbonyl (C=O) groups excluding carboxylic acids is 2. The third-order valence-electron chi connectivity index (χ3n) is 2.79. The normalized spacial score (nSPS) is 11.7. The molecule has 1 unspecified atom stereocenters. The van der Waals surface area contributed by atoms with E-state index in [-0.39, 0.29) is 24.4 Å². The number of hydrogen-bond donors (Lipinski definition) is 2. The molecule has 1 aromatic carbocycles. The summed E-state index contributed by atoms with van der Waals surface area (Å²) in [6.07, 6.45) is 0. The molecular formula is C15H16N2O2S. The Labute approximate surface area is 121 Å². The monoisotopic (exact) mass is 288 g/mol. The van der Waals surface area contributed by atoms with Crippen molar-refractivity contribution in [1.82, 2.24) is 10.6 Å². The van der Waals surface area contributed by atoms with Gasteiger partial charge in [0.2, 0.25) is 5.91 Å². The second-order valence-electron chi connectivity index (χ2n) is 4.35. The van der Waals surface area contributed by atoms with Crippen LogP contribution in [0.15, 0.2) is 47.8 Å². The van der Waals surface area contributed by atoms with Gasteiger partial charge in [-0.05, 0) is 30.5 Å². The Kier molecular flexibility index (Phi) is 4.90. The van der Waals surface area contributed by atoms with Crippen LogP contribution in [0.5, 0.6) is 0 Å². The second kappa shape index (κ2) is 6.86. The number of hydrogen-bond acceptors (Lipinski definition) is 3. The minimum atomic E-state index is -0.246. The number of rotatable bonds is 5. The molecule has 0 aliphatic rings. The molecule has 2 N–H and O–H groups in total. The molecule has 2 amide bonds. The predicted molar refractivity (Wildman–Crippen MR) is 79.7 cm³/mol. The van der Waals surface area contributed by atoms with Crippen LogP contribution in [0, 0.1) is 0 Å². The van der Waals surface area contributed by atoms with E-state index in [0.29, 0.717) is 5.56 Å². The van der Waals surface area contributed by atoms with Crippen LogP contribution in [-0.4, -0.2) is 18.4 Å². The van der Waals surface area contributed by atoms with Gasteiger partial charge in [0, 0.05) is 10.4 Å². The summed E-state index contributed by atoms with van der Waals surface area (Å²) in [4.78, 5) is 24.6. The molecule has 0 saturated heterocycles. The molecule has 20 heavy (non-hydrogen) atoms. The van der Waals surface area contributed by atoms with E-state index in [9.17, 15) is 9.59 Å².